The summed E-state index contributed by atoms with van der Waals surface area (Å²) in [5.74, 6) is -0.342. The lowest BCUT2D eigenvalue weighted by Crippen LogP contribution is -2.19. The number of carbonyl (C=O) groups excluding carboxylic acids is 2. The topological polar surface area (TPSA) is 108 Å². The molecule has 0 unspecified atom stereocenters. The number of ether oxygens (including phenoxy) is 1. The number of nitrogens with two attached hydrogens (primary N) is 2. The van der Waals surface area contributed by atoms with E-state index in [2.05, 4.69) is 4.99 Å². The van der Waals surface area contributed by atoms with E-state index in [0.717, 1.165) is 17.3 Å². The van der Waals surface area contributed by atoms with E-state index in [1.54, 1.807) is 30.3 Å². The Morgan fingerprint density at radius 3 is 2.58 bits per heavy atom. The average molecular weight is 277 g/mol. The van der Waals surface area contributed by atoms with Gasteiger partial charge in [0.15, 0.2) is 11.8 Å². The zero-order valence-electron chi connectivity index (χ0n) is 9.83. The van der Waals surface area contributed by atoms with Crippen LogP contribution in [0.5, 0.6) is 5.75 Å². The van der Waals surface area contributed by atoms with Crippen LogP contribution in [-0.4, -0.2) is 23.6 Å². The molecule has 2 rings (SSSR count). The minimum atomic E-state index is -0.535. The second-order valence-corrected chi connectivity index (χ2v) is 4.75. The number of thioether (sulfide) groups is 1. The molecule has 1 aromatic carbocycles. The zero-order chi connectivity index (χ0) is 13.8. The maximum atomic E-state index is 11.4. The van der Waals surface area contributed by atoms with Gasteiger partial charge < -0.3 is 16.2 Å². The minimum Gasteiger partial charge on any atom is -0.484 e. The third kappa shape index (κ3) is 3.59. The van der Waals surface area contributed by atoms with Crippen molar-refractivity contribution in [1.29, 1.82) is 0 Å². The van der Waals surface area contributed by atoms with Crippen LogP contribution in [0.15, 0.2) is 34.2 Å². The zero-order valence-corrected chi connectivity index (χ0v) is 10.6. The fraction of sp³-hybridized carbons (Fsp3) is 0.0833. The van der Waals surface area contributed by atoms with Gasteiger partial charge in [0.2, 0.25) is 0 Å². The van der Waals surface area contributed by atoms with Crippen molar-refractivity contribution < 1.29 is 14.3 Å². The molecule has 0 bridgehead atoms. The number of hydrogen-bond donors (Lipinski definition) is 2. The number of amides is 2. The summed E-state index contributed by atoms with van der Waals surface area (Å²) in [5.41, 5.74) is 11.2. The smallest absolute Gasteiger partial charge is 0.286 e. The van der Waals surface area contributed by atoms with Gasteiger partial charge in [-0.1, -0.05) is 12.1 Å². The van der Waals surface area contributed by atoms with Crippen molar-refractivity contribution in [2.45, 2.75) is 0 Å². The Bertz CT molecular complexity index is 578. The van der Waals surface area contributed by atoms with E-state index in [4.69, 9.17) is 16.2 Å². The molecular formula is C12H11N3O3S. The first-order valence-electron chi connectivity index (χ1n) is 5.34. The minimum absolute atomic E-state index is 0.168. The standard InChI is InChI=1S/C12H11N3O3S/c13-10(16)6-18-8-3-1-7(2-4-8)5-9-11(17)15-12(14)19-9/h1-5H,6H2,(H2,13,16)(H2,14,15,17)/b9-5-. The predicted molar refractivity (Wildman–Crippen MR) is 73.3 cm³/mol. The number of primary amides is 1. The third-order valence-electron chi connectivity index (χ3n) is 2.20. The number of benzene rings is 1. The van der Waals surface area contributed by atoms with Crippen LogP contribution < -0.4 is 16.2 Å². The number of nitrogens with zero attached hydrogens (tertiary/aromatic N) is 1. The van der Waals surface area contributed by atoms with Crippen molar-refractivity contribution in [2.24, 2.45) is 16.5 Å². The highest BCUT2D eigenvalue weighted by atomic mass is 32.2. The Morgan fingerprint density at radius 2 is 2.05 bits per heavy atom. The predicted octanol–water partition coefficient (Wildman–Crippen LogP) is 0.480. The molecule has 0 atom stereocenters. The summed E-state index contributed by atoms with van der Waals surface area (Å²) in [7, 11) is 0. The van der Waals surface area contributed by atoms with Gasteiger partial charge in [-0.3, -0.25) is 9.59 Å². The molecule has 7 heteroatoms. The molecule has 1 aliphatic heterocycles. The van der Waals surface area contributed by atoms with Crippen LogP contribution in [0.1, 0.15) is 5.56 Å². The summed E-state index contributed by atoms with van der Waals surface area (Å²) < 4.78 is 5.12. The van der Waals surface area contributed by atoms with Crippen molar-refractivity contribution in [2.75, 3.05) is 6.61 Å². The average Bonchev–Trinajstić information content (AvgIpc) is 2.67. The summed E-state index contributed by atoms with van der Waals surface area (Å²) in [6.07, 6.45) is 1.69. The largest absolute Gasteiger partial charge is 0.484 e. The van der Waals surface area contributed by atoms with Crippen LogP contribution in [-0.2, 0) is 9.59 Å². The van der Waals surface area contributed by atoms with E-state index in [1.165, 1.54) is 0 Å². The summed E-state index contributed by atoms with van der Waals surface area (Å²) in [6.45, 7) is -0.168. The fourth-order valence-corrected chi connectivity index (χ4v) is 2.07. The molecule has 1 heterocycles. The summed E-state index contributed by atoms with van der Waals surface area (Å²) in [5, 5.41) is 0.248. The molecule has 0 radical (unpaired) electrons. The Labute approximate surface area is 113 Å². The summed E-state index contributed by atoms with van der Waals surface area (Å²) in [6, 6.07) is 6.88. The van der Waals surface area contributed by atoms with Crippen LogP contribution in [0.25, 0.3) is 6.08 Å². The van der Waals surface area contributed by atoms with Crippen molar-refractivity contribution in [1.82, 2.24) is 0 Å². The van der Waals surface area contributed by atoms with Gasteiger partial charge in [0.25, 0.3) is 11.8 Å². The lowest BCUT2D eigenvalue weighted by molar-refractivity contribution is -0.120. The van der Waals surface area contributed by atoms with Crippen LogP contribution in [0.3, 0.4) is 0 Å². The van der Waals surface area contributed by atoms with Crippen LogP contribution >= 0.6 is 11.8 Å². The molecule has 1 aromatic rings. The first kappa shape index (κ1) is 13.2. The van der Waals surface area contributed by atoms with Gasteiger partial charge in [0.1, 0.15) is 5.75 Å². The molecule has 19 heavy (non-hydrogen) atoms. The maximum Gasteiger partial charge on any atom is 0.286 e. The quantitative estimate of drug-likeness (QED) is 0.778. The molecule has 0 spiro atoms. The number of carbonyl (C=O) groups is 2. The fourth-order valence-electron chi connectivity index (χ4n) is 1.39. The molecule has 1 aliphatic rings. The molecule has 0 saturated carbocycles. The second-order valence-electron chi connectivity index (χ2n) is 3.69. The highest BCUT2D eigenvalue weighted by molar-refractivity contribution is 8.18. The lowest BCUT2D eigenvalue weighted by Gasteiger charge is -2.03. The monoisotopic (exact) mass is 277 g/mol. The number of rotatable bonds is 4. The number of aliphatic imine (C=N–C) groups is 1. The molecule has 4 N–H and O–H groups in total. The van der Waals surface area contributed by atoms with Crippen LogP contribution in [0, 0.1) is 0 Å². The summed E-state index contributed by atoms with van der Waals surface area (Å²) >= 11 is 1.13. The lowest BCUT2D eigenvalue weighted by atomic mass is 10.2. The molecule has 0 fully saturated rings. The van der Waals surface area contributed by atoms with E-state index in [-0.39, 0.29) is 17.7 Å². The van der Waals surface area contributed by atoms with E-state index in [9.17, 15) is 9.59 Å². The van der Waals surface area contributed by atoms with Gasteiger partial charge in [0, 0.05) is 0 Å². The Balaban J connectivity index is 2.05. The van der Waals surface area contributed by atoms with E-state index < -0.39 is 5.91 Å². The summed E-state index contributed by atoms with van der Waals surface area (Å²) in [4.78, 5) is 26.0. The Morgan fingerprint density at radius 1 is 1.37 bits per heavy atom. The SMILES string of the molecule is NC(=O)COc1ccc(/C=C2\SC(N)=NC2=O)cc1. The van der Waals surface area contributed by atoms with E-state index in [0.29, 0.717) is 10.7 Å². The van der Waals surface area contributed by atoms with Crippen molar-refractivity contribution in [3.8, 4) is 5.75 Å². The van der Waals surface area contributed by atoms with Crippen molar-refractivity contribution >= 4 is 34.8 Å². The highest BCUT2D eigenvalue weighted by Gasteiger charge is 2.19. The first-order valence-corrected chi connectivity index (χ1v) is 6.15. The number of hydrogen-bond acceptors (Lipinski definition) is 5. The highest BCUT2D eigenvalue weighted by Crippen LogP contribution is 2.26. The Hall–Kier alpha value is -2.28. The Kier molecular flexibility index (Phi) is 3.86. The molecule has 6 nitrogen and oxygen atoms in total. The van der Waals surface area contributed by atoms with E-state index in [1.807, 2.05) is 0 Å². The molecule has 2 amide bonds. The second kappa shape index (κ2) is 5.57. The van der Waals surface area contributed by atoms with Gasteiger partial charge in [-0.05, 0) is 35.5 Å². The first-order chi connectivity index (χ1) is 9.04. The maximum absolute atomic E-state index is 11.4. The van der Waals surface area contributed by atoms with Gasteiger partial charge in [-0.25, -0.2) is 0 Å². The molecule has 98 valence electrons. The third-order valence-corrected chi connectivity index (χ3v) is 3.01. The molecule has 0 aromatic heterocycles. The van der Waals surface area contributed by atoms with Gasteiger partial charge in [-0.2, -0.15) is 4.99 Å². The normalized spacial score (nSPS) is 16.5. The van der Waals surface area contributed by atoms with E-state index >= 15 is 0 Å². The van der Waals surface area contributed by atoms with Gasteiger partial charge in [-0.15, -0.1) is 0 Å². The molecule has 0 saturated heterocycles. The molecular weight excluding hydrogens is 266 g/mol. The number of amidine groups is 1. The van der Waals surface area contributed by atoms with Crippen LogP contribution in [0.2, 0.25) is 0 Å². The van der Waals surface area contributed by atoms with Gasteiger partial charge in [0.05, 0.1) is 4.91 Å². The van der Waals surface area contributed by atoms with Gasteiger partial charge >= 0.3 is 0 Å². The van der Waals surface area contributed by atoms with Crippen molar-refractivity contribution in [3.05, 3.63) is 34.7 Å². The van der Waals surface area contributed by atoms with Crippen molar-refractivity contribution in [3.63, 3.8) is 0 Å². The van der Waals surface area contributed by atoms with Crippen LogP contribution in [0.4, 0.5) is 0 Å². The molecule has 0 aliphatic carbocycles.